The summed E-state index contributed by atoms with van der Waals surface area (Å²) < 4.78 is 5.63. The standard InChI is InChI=1S/C13H15IN2O4/c1-8-6-15(7-10(8)13(17)20-2)12-4-3-9(16(18)19)5-11(12)14/h3-5,8,10H,6-7H2,1-2H3. The van der Waals surface area contributed by atoms with Gasteiger partial charge in [-0.25, -0.2) is 0 Å². The lowest BCUT2D eigenvalue weighted by Crippen LogP contribution is -2.24. The van der Waals surface area contributed by atoms with Crippen molar-refractivity contribution in [2.45, 2.75) is 6.92 Å². The summed E-state index contributed by atoms with van der Waals surface area (Å²) in [5, 5.41) is 10.7. The number of benzene rings is 1. The van der Waals surface area contributed by atoms with Gasteiger partial charge in [0, 0.05) is 28.8 Å². The van der Waals surface area contributed by atoms with E-state index in [0.29, 0.717) is 6.54 Å². The number of non-ortho nitro benzene ring substituents is 1. The van der Waals surface area contributed by atoms with Gasteiger partial charge in [-0.3, -0.25) is 14.9 Å². The molecule has 1 fully saturated rings. The average Bonchev–Trinajstić information content (AvgIpc) is 2.79. The van der Waals surface area contributed by atoms with E-state index in [1.54, 1.807) is 12.1 Å². The Morgan fingerprint density at radius 3 is 2.75 bits per heavy atom. The molecule has 1 aliphatic rings. The van der Waals surface area contributed by atoms with Gasteiger partial charge < -0.3 is 9.64 Å². The smallest absolute Gasteiger partial charge is 0.310 e. The zero-order chi connectivity index (χ0) is 14.9. The normalized spacial score (nSPS) is 21.9. The fourth-order valence-electron chi connectivity index (χ4n) is 2.49. The van der Waals surface area contributed by atoms with Crippen molar-refractivity contribution < 1.29 is 14.5 Å². The van der Waals surface area contributed by atoms with E-state index in [9.17, 15) is 14.9 Å². The first-order valence-corrected chi connectivity index (χ1v) is 7.28. The van der Waals surface area contributed by atoms with E-state index in [2.05, 4.69) is 27.5 Å². The van der Waals surface area contributed by atoms with E-state index in [1.165, 1.54) is 13.2 Å². The van der Waals surface area contributed by atoms with Crippen molar-refractivity contribution in [3.05, 3.63) is 31.9 Å². The molecular formula is C13H15IN2O4. The van der Waals surface area contributed by atoms with E-state index < -0.39 is 4.92 Å². The van der Waals surface area contributed by atoms with Crippen LogP contribution in [-0.2, 0) is 9.53 Å². The molecule has 0 N–H and O–H groups in total. The number of carbonyl (C=O) groups is 1. The number of ether oxygens (including phenoxy) is 1. The van der Waals surface area contributed by atoms with Crippen LogP contribution in [0.3, 0.4) is 0 Å². The predicted octanol–water partition coefficient (Wildman–Crippen LogP) is 2.44. The maximum Gasteiger partial charge on any atom is 0.310 e. The number of anilines is 1. The molecule has 0 saturated carbocycles. The Hall–Kier alpha value is -1.38. The summed E-state index contributed by atoms with van der Waals surface area (Å²) in [5.41, 5.74) is 1.00. The quantitative estimate of drug-likeness (QED) is 0.343. The zero-order valence-electron chi connectivity index (χ0n) is 11.2. The number of nitro benzene ring substituents is 1. The summed E-state index contributed by atoms with van der Waals surface area (Å²) in [7, 11) is 1.40. The number of hydrogen-bond donors (Lipinski definition) is 0. The molecule has 7 heteroatoms. The first kappa shape index (κ1) is 15.0. The van der Waals surface area contributed by atoms with Gasteiger partial charge in [0.1, 0.15) is 0 Å². The highest BCUT2D eigenvalue weighted by Crippen LogP contribution is 2.33. The lowest BCUT2D eigenvalue weighted by molar-refractivity contribution is -0.384. The van der Waals surface area contributed by atoms with Crippen molar-refractivity contribution in [1.29, 1.82) is 0 Å². The van der Waals surface area contributed by atoms with Crippen molar-refractivity contribution >= 4 is 39.9 Å². The molecule has 1 aromatic rings. The molecule has 2 atom stereocenters. The molecule has 1 saturated heterocycles. The number of halogens is 1. The molecule has 1 heterocycles. The molecule has 1 aromatic carbocycles. The first-order chi connectivity index (χ1) is 9.43. The third-order valence-corrected chi connectivity index (χ3v) is 4.46. The van der Waals surface area contributed by atoms with Crippen LogP contribution in [0.5, 0.6) is 0 Å². The number of nitrogens with zero attached hydrogens (tertiary/aromatic N) is 2. The molecule has 0 bridgehead atoms. The summed E-state index contributed by atoms with van der Waals surface area (Å²) in [4.78, 5) is 24.1. The van der Waals surface area contributed by atoms with Gasteiger partial charge in [0.15, 0.2) is 0 Å². The van der Waals surface area contributed by atoms with Gasteiger partial charge in [-0.15, -0.1) is 0 Å². The van der Waals surface area contributed by atoms with Gasteiger partial charge in [-0.05, 0) is 34.6 Å². The minimum absolute atomic E-state index is 0.0786. The van der Waals surface area contributed by atoms with Gasteiger partial charge >= 0.3 is 5.97 Å². The van der Waals surface area contributed by atoms with Crippen molar-refractivity contribution in [3.8, 4) is 0 Å². The van der Waals surface area contributed by atoms with Crippen LogP contribution in [0, 0.1) is 25.5 Å². The topological polar surface area (TPSA) is 72.7 Å². The van der Waals surface area contributed by atoms with Crippen LogP contribution in [0.1, 0.15) is 6.92 Å². The van der Waals surface area contributed by atoms with Gasteiger partial charge in [0.2, 0.25) is 0 Å². The van der Waals surface area contributed by atoms with Crippen molar-refractivity contribution in [3.63, 3.8) is 0 Å². The Kier molecular flexibility index (Phi) is 4.46. The van der Waals surface area contributed by atoms with Crippen LogP contribution in [0.15, 0.2) is 18.2 Å². The fourth-order valence-corrected chi connectivity index (χ4v) is 3.33. The van der Waals surface area contributed by atoms with Gasteiger partial charge in [-0.2, -0.15) is 0 Å². The molecule has 108 valence electrons. The van der Waals surface area contributed by atoms with Gasteiger partial charge in [0.25, 0.3) is 5.69 Å². The predicted molar refractivity (Wildman–Crippen MR) is 82.7 cm³/mol. The van der Waals surface area contributed by atoms with E-state index >= 15 is 0 Å². The van der Waals surface area contributed by atoms with E-state index in [-0.39, 0.29) is 23.5 Å². The third kappa shape index (κ3) is 2.87. The Bertz CT molecular complexity index is 549. The average molecular weight is 390 g/mol. The number of methoxy groups -OCH3 is 1. The van der Waals surface area contributed by atoms with Crippen LogP contribution in [0.4, 0.5) is 11.4 Å². The van der Waals surface area contributed by atoms with Crippen molar-refractivity contribution in [2.75, 3.05) is 25.1 Å². The summed E-state index contributed by atoms with van der Waals surface area (Å²) in [6, 6.07) is 4.78. The second-order valence-electron chi connectivity index (χ2n) is 4.90. The molecule has 0 aromatic heterocycles. The Balaban J connectivity index is 2.21. The number of carbonyl (C=O) groups excluding carboxylic acids is 1. The number of rotatable bonds is 3. The molecule has 1 aliphatic heterocycles. The lowest BCUT2D eigenvalue weighted by Gasteiger charge is -2.19. The Morgan fingerprint density at radius 2 is 2.20 bits per heavy atom. The van der Waals surface area contributed by atoms with Gasteiger partial charge in [0.05, 0.1) is 23.6 Å². The SMILES string of the molecule is COC(=O)C1CN(c2ccc([N+](=O)[O-])cc2I)CC1C. The minimum Gasteiger partial charge on any atom is -0.469 e. The molecule has 6 nitrogen and oxygen atoms in total. The Morgan fingerprint density at radius 1 is 1.50 bits per heavy atom. The molecule has 0 aliphatic carbocycles. The van der Waals surface area contributed by atoms with Crippen molar-refractivity contribution in [1.82, 2.24) is 0 Å². The highest BCUT2D eigenvalue weighted by Gasteiger charge is 2.36. The van der Waals surface area contributed by atoms with Crippen LogP contribution < -0.4 is 4.90 Å². The summed E-state index contributed by atoms with van der Waals surface area (Å²) in [5.74, 6) is -0.142. The summed E-state index contributed by atoms with van der Waals surface area (Å²) in [6.07, 6.45) is 0. The van der Waals surface area contributed by atoms with E-state index in [4.69, 9.17) is 4.74 Å². The molecular weight excluding hydrogens is 375 g/mol. The largest absolute Gasteiger partial charge is 0.469 e. The highest BCUT2D eigenvalue weighted by atomic mass is 127. The fraction of sp³-hybridized carbons (Fsp3) is 0.462. The number of esters is 1. The Labute approximate surface area is 130 Å². The zero-order valence-corrected chi connectivity index (χ0v) is 13.4. The molecule has 2 rings (SSSR count). The molecule has 0 radical (unpaired) electrons. The highest BCUT2D eigenvalue weighted by molar-refractivity contribution is 14.1. The maximum atomic E-state index is 11.7. The minimum atomic E-state index is -0.407. The maximum absolute atomic E-state index is 11.7. The molecule has 0 spiro atoms. The second kappa shape index (κ2) is 5.94. The lowest BCUT2D eigenvalue weighted by atomic mass is 9.99. The van der Waals surface area contributed by atoms with Gasteiger partial charge in [-0.1, -0.05) is 6.92 Å². The van der Waals surface area contributed by atoms with Crippen LogP contribution in [0.25, 0.3) is 0 Å². The number of nitro groups is 1. The van der Waals surface area contributed by atoms with E-state index in [1.807, 2.05) is 6.92 Å². The van der Waals surface area contributed by atoms with Crippen molar-refractivity contribution in [2.24, 2.45) is 11.8 Å². The summed E-state index contributed by atoms with van der Waals surface area (Å²) >= 11 is 2.09. The second-order valence-corrected chi connectivity index (χ2v) is 6.07. The number of hydrogen-bond acceptors (Lipinski definition) is 5. The van der Waals surface area contributed by atoms with Crippen LogP contribution in [-0.4, -0.2) is 31.1 Å². The monoisotopic (exact) mass is 390 g/mol. The third-order valence-electron chi connectivity index (χ3n) is 3.60. The first-order valence-electron chi connectivity index (χ1n) is 6.20. The molecule has 2 unspecified atom stereocenters. The summed E-state index contributed by atoms with van der Waals surface area (Å²) in [6.45, 7) is 3.34. The van der Waals surface area contributed by atoms with Crippen LogP contribution in [0.2, 0.25) is 0 Å². The van der Waals surface area contributed by atoms with E-state index in [0.717, 1.165) is 15.8 Å². The molecule has 0 amide bonds. The van der Waals surface area contributed by atoms with Crippen LogP contribution >= 0.6 is 22.6 Å². The molecule has 20 heavy (non-hydrogen) atoms.